The number of hydrogen-bond donors (Lipinski definition) is 1. The number of piperidine rings is 1. The lowest BCUT2D eigenvalue weighted by molar-refractivity contribution is 0.00561. The van der Waals surface area contributed by atoms with Crippen LogP contribution in [-0.4, -0.2) is 34.3 Å². The molecule has 0 aliphatic carbocycles. The van der Waals surface area contributed by atoms with Gasteiger partial charge in [0.25, 0.3) is 0 Å². The third-order valence-corrected chi connectivity index (χ3v) is 3.59. The van der Waals surface area contributed by atoms with Gasteiger partial charge in [-0.3, -0.25) is 0 Å². The Bertz CT molecular complexity index is 409. The fourth-order valence-electron chi connectivity index (χ4n) is 2.70. The quantitative estimate of drug-likeness (QED) is 0.892. The number of ether oxygens (including phenoxy) is 1. The molecular formula is C15H21NO3. The highest BCUT2D eigenvalue weighted by molar-refractivity contribution is 5.68. The second-order valence-corrected chi connectivity index (χ2v) is 5.27. The molecule has 1 fully saturated rings. The van der Waals surface area contributed by atoms with E-state index in [9.17, 15) is 9.90 Å². The normalized spacial score (nSPS) is 27.1. The van der Waals surface area contributed by atoms with Gasteiger partial charge in [-0.2, -0.15) is 0 Å². The van der Waals surface area contributed by atoms with Crippen LogP contribution in [0.25, 0.3) is 0 Å². The Morgan fingerprint density at radius 1 is 1.26 bits per heavy atom. The highest BCUT2D eigenvalue weighted by Crippen LogP contribution is 2.24. The van der Waals surface area contributed by atoms with Gasteiger partial charge >= 0.3 is 6.09 Å². The topological polar surface area (TPSA) is 49.8 Å². The fourth-order valence-corrected chi connectivity index (χ4v) is 2.70. The van der Waals surface area contributed by atoms with E-state index in [2.05, 4.69) is 0 Å². The summed E-state index contributed by atoms with van der Waals surface area (Å²) in [5, 5.41) is 9.68. The molecule has 19 heavy (non-hydrogen) atoms. The molecule has 1 N–H and O–H groups in total. The van der Waals surface area contributed by atoms with Gasteiger partial charge in [-0.1, -0.05) is 30.3 Å². The summed E-state index contributed by atoms with van der Waals surface area (Å²) in [6.07, 6.45) is 0.620. The number of likely N-dealkylation sites (tertiary alicyclic amines) is 1. The van der Waals surface area contributed by atoms with E-state index in [4.69, 9.17) is 4.74 Å². The van der Waals surface area contributed by atoms with Gasteiger partial charge < -0.3 is 14.7 Å². The van der Waals surface area contributed by atoms with Crippen LogP contribution in [0.15, 0.2) is 30.3 Å². The minimum Gasteiger partial charge on any atom is -0.445 e. The predicted octanol–water partition coefficient (Wildman–Crippen LogP) is 2.56. The average molecular weight is 263 g/mol. The zero-order chi connectivity index (χ0) is 13.8. The fraction of sp³-hybridized carbons (Fsp3) is 0.533. The molecule has 0 radical (unpaired) electrons. The van der Waals surface area contributed by atoms with Crippen molar-refractivity contribution in [3.63, 3.8) is 0 Å². The van der Waals surface area contributed by atoms with Crippen LogP contribution in [0.5, 0.6) is 0 Å². The summed E-state index contributed by atoms with van der Waals surface area (Å²) in [6.45, 7) is 4.18. The molecular weight excluding hydrogens is 242 g/mol. The first-order chi connectivity index (χ1) is 9.08. The highest BCUT2D eigenvalue weighted by Gasteiger charge is 2.34. The molecule has 1 aliphatic rings. The first kappa shape index (κ1) is 13.9. The molecule has 4 heteroatoms. The number of rotatable bonds is 2. The molecule has 0 bridgehead atoms. The van der Waals surface area contributed by atoms with E-state index in [0.29, 0.717) is 12.8 Å². The van der Waals surface area contributed by atoms with Gasteiger partial charge in [0.05, 0.1) is 6.10 Å². The maximum absolute atomic E-state index is 12.1. The maximum Gasteiger partial charge on any atom is 0.410 e. The van der Waals surface area contributed by atoms with Crippen molar-refractivity contribution in [2.24, 2.45) is 0 Å². The summed E-state index contributed by atoms with van der Waals surface area (Å²) in [4.78, 5) is 13.9. The second-order valence-electron chi connectivity index (χ2n) is 5.27. The van der Waals surface area contributed by atoms with E-state index in [-0.39, 0.29) is 30.9 Å². The van der Waals surface area contributed by atoms with Gasteiger partial charge in [0.1, 0.15) is 6.61 Å². The lowest BCUT2D eigenvalue weighted by Gasteiger charge is -2.40. The third-order valence-electron chi connectivity index (χ3n) is 3.59. The van der Waals surface area contributed by atoms with Crippen LogP contribution in [0.2, 0.25) is 0 Å². The number of hydrogen-bond acceptors (Lipinski definition) is 3. The summed E-state index contributed by atoms with van der Waals surface area (Å²) < 4.78 is 5.35. The smallest absolute Gasteiger partial charge is 0.410 e. The third kappa shape index (κ3) is 3.47. The number of aliphatic hydroxyl groups excluding tert-OH is 1. The molecule has 1 unspecified atom stereocenters. The number of benzene rings is 1. The molecule has 1 heterocycles. The first-order valence-corrected chi connectivity index (χ1v) is 6.75. The van der Waals surface area contributed by atoms with Crippen LogP contribution >= 0.6 is 0 Å². The van der Waals surface area contributed by atoms with Gasteiger partial charge in [0.2, 0.25) is 0 Å². The van der Waals surface area contributed by atoms with Crippen molar-refractivity contribution in [1.29, 1.82) is 0 Å². The largest absolute Gasteiger partial charge is 0.445 e. The summed E-state index contributed by atoms with van der Waals surface area (Å²) >= 11 is 0. The molecule has 3 atom stereocenters. The van der Waals surface area contributed by atoms with Crippen LogP contribution in [0.3, 0.4) is 0 Å². The van der Waals surface area contributed by atoms with Crippen molar-refractivity contribution in [3.8, 4) is 0 Å². The standard InChI is InChI=1S/C15H21NO3/c1-11-8-14(17)9-12(2)16(11)15(18)19-10-13-6-4-3-5-7-13/h3-7,11-12,14,17H,8-10H2,1-2H3/t11-,12+,14?. The van der Waals surface area contributed by atoms with E-state index in [1.807, 2.05) is 44.2 Å². The molecule has 0 spiro atoms. The predicted molar refractivity (Wildman–Crippen MR) is 72.6 cm³/mol. The van der Waals surface area contributed by atoms with Gasteiger partial charge in [-0.05, 0) is 32.3 Å². The van der Waals surface area contributed by atoms with Gasteiger partial charge in [0, 0.05) is 12.1 Å². The molecule has 104 valence electrons. The average Bonchev–Trinajstić information content (AvgIpc) is 2.36. The van der Waals surface area contributed by atoms with Crippen molar-refractivity contribution in [2.45, 2.75) is 51.5 Å². The van der Waals surface area contributed by atoms with E-state index in [1.165, 1.54) is 0 Å². The first-order valence-electron chi connectivity index (χ1n) is 6.75. The number of nitrogens with zero attached hydrogens (tertiary/aromatic N) is 1. The summed E-state index contributed by atoms with van der Waals surface area (Å²) in [7, 11) is 0. The maximum atomic E-state index is 12.1. The number of amides is 1. The van der Waals surface area contributed by atoms with Crippen molar-refractivity contribution in [1.82, 2.24) is 4.90 Å². The summed E-state index contributed by atoms with van der Waals surface area (Å²) in [6, 6.07) is 9.67. The number of aliphatic hydroxyl groups is 1. The van der Waals surface area contributed by atoms with E-state index < -0.39 is 0 Å². The summed E-state index contributed by atoms with van der Waals surface area (Å²) in [5.74, 6) is 0. The minimum absolute atomic E-state index is 0.0158. The monoisotopic (exact) mass is 263 g/mol. The van der Waals surface area contributed by atoms with E-state index >= 15 is 0 Å². The second kappa shape index (κ2) is 6.06. The zero-order valence-electron chi connectivity index (χ0n) is 11.5. The Kier molecular flexibility index (Phi) is 4.43. The molecule has 1 amide bonds. The molecule has 0 aromatic heterocycles. The Balaban J connectivity index is 1.92. The SMILES string of the molecule is C[C@@H]1CC(O)C[C@H](C)N1C(=O)OCc1ccccc1. The Morgan fingerprint density at radius 2 is 1.84 bits per heavy atom. The zero-order valence-corrected chi connectivity index (χ0v) is 11.5. The Morgan fingerprint density at radius 3 is 2.42 bits per heavy atom. The lowest BCUT2D eigenvalue weighted by Crippen LogP contribution is -2.51. The Labute approximate surface area is 114 Å². The van der Waals surface area contributed by atoms with Crippen LogP contribution in [0.1, 0.15) is 32.3 Å². The molecule has 1 aliphatic heterocycles. The highest BCUT2D eigenvalue weighted by atomic mass is 16.6. The minimum atomic E-state index is -0.317. The van der Waals surface area contributed by atoms with Crippen molar-refractivity contribution < 1.29 is 14.6 Å². The van der Waals surface area contributed by atoms with E-state index in [1.54, 1.807) is 4.90 Å². The molecule has 1 saturated heterocycles. The summed E-state index contributed by atoms with van der Waals surface area (Å²) in [5.41, 5.74) is 0.980. The Hall–Kier alpha value is -1.55. The van der Waals surface area contributed by atoms with Crippen molar-refractivity contribution in [2.75, 3.05) is 0 Å². The van der Waals surface area contributed by atoms with Gasteiger partial charge in [-0.25, -0.2) is 4.79 Å². The van der Waals surface area contributed by atoms with Crippen molar-refractivity contribution in [3.05, 3.63) is 35.9 Å². The molecule has 1 aromatic rings. The van der Waals surface area contributed by atoms with Crippen molar-refractivity contribution >= 4 is 6.09 Å². The molecule has 2 rings (SSSR count). The molecule has 0 saturated carbocycles. The molecule has 1 aromatic carbocycles. The van der Waals surface area contributed by atoms with Gasteiger partial charge in [0.15, 0.2) is 0 Å². The van der Waals surface area contributed by atoms with Gasteiger partial charge in [-0.15, -0.1) is 0 Å². The van der Waals surface area contributed by atoms with Crippen LogP contribution < -0.4 is 0 Å². The molecule has 4 nitrogen and oxygen atoms in total. The van der Waals surface area contributed by atoms with Crippen LogP contribution in [0, 0.1) is 0 Å². The lowest BCUT2D eigenvalue weighted by atomic mass is 9.95. The number of carbonyl (C=O) groups excluding carboxylic acids is 1. The van der Waals surface area contributed by atoms with Crippen LogP contribution in [0.4, 0.5) is 4.79 Å². The van der Waals surface area contributed by atoms with E-state index in [0.717, 1.165) is 5.56 Å². The van der Waals surface area contributed by atoms with Crippen LogP contribution in [-0.2, 0) is 11.3 Å². The number of carbonyl (C=O) groups is 1.